The summed E-state index contributed by atoms with van der Waals surface area (Å²) in [6.45, 7) is 29.3. The molecular weight excluding hydrogens is 609 g/mol. The van der Waals surface area contributed by atoms with E-state index in [-0.39, 0.29) is 50.1 Å². The topological polar surface area (TPSA) is 55.8 Å². The Morgan fingerprint density at radius 2 is 1.54 bits per heavy atom. The normalized spacial score (nSPS) is 41.9. The summed E-state index contributed by atoms with van der Waals surface area (Å²) in [7, 11) is -2.07. The first-order valence-corrected chi connectivity index (χ1v) is 22.2. The highest BCUT2D eigenvalue weighted by atomic mass is 28.4. The molecule has 0 aliphatic heterocycles. The van der Waals surface area contributed by atoms with Gasteiger partial charge in [0.05, 0.1) is 17.6 Å². The van der Waals surface area contributed by atoms with Crippen LogP contribution in [-0.2, 0) is 20.6 Å². The molecule has 268 valence electrons. The van der Waals surface area contributed by atoms with Gasteiger partial charge in [-0.3, -0.25) is 4.79 Å². The van der Waals surface area contributed by atoms with Crippen LogP contribution in [0, 0.1) is 50.2 Å². The van der Waals surface area contributed by atoms with Crippen molar-refractivity contribution in [1.29, 1.82) is 0 Å². The van der Waals surface area contributed by atoms with Crippen molar-refractivity contribution >= 4 is 14.3 Å². The van der Waals surface area contributed by atoms with E-state index in [4.69, 9.17) is 9.16 Å². The fourth-order valence-corrected chi connectivity index (χ4v) is 13.8. The molecule has 1 aromatic carbocycles. The molecule has 0 amide bonds. The van der Waals surface area contributed by atoms with Gasteiger partial charge >= 0.3 is 5.97 Å². The third-order valence-electron chi connectivity index (χ3n) is 16.4. The second kappa shape index (κ2) is 11.5. The first kappa shape index (κ1) is 36.4. The van der Waals surface area contributed by atoms with Crippen LogP contribution in [0.5, 0.6) is 0 Å². The summed E-state index contributed by atoms with van der Waals surface area (Å²) in [6.07, 6.45) is 11.2. The van der Waals surface area contributed by atoms with Crippen LogP contribution < -0.4 is 0 Å². The molecule has 9 atom stereocenters. The molecule has 48 heavy (non-hydrogen) atoms. The van der Waals surface area contributed by atoms with E-state index in [0.29, 0.717) is 18.4 Å². The van der Waals surface area contributed by atoms with E-state index in [0.717, 1.165) is 50.5 Å². The third kappa shape index (κ3) is 5.37. The number of allylic oxidation sites excluding steroid dienone is 2. The standard InChI is InChI=1S/C43H68O4Si/c1-37(2,3)48(11,12)47-35-32(44)27-40(8)33(39(35,6)7)20-21-42(10)34(40)19-18-30-31-26-38(4,5)22-24-43(31,25-23-41(30,42)9)36(45)46-28-29-16-14-13-15-17-29/h13-18,31-35,44H,19-28H2,1-12H3/t31-,32-,33-,34+,35-,40-,41+,42+,43-/m0/s1. The van der Waals surface area contributed by atoms with Gasteiger partial charge in [-0.2, -0.15) is 0 Å². The number of hydrogen-bond acceptors (Lipinski definition) is 4. The number of fused-ring (bicyclic) bond motifs is 7. The van der Waals surface area contributed by atoms with Crippen molar-refractivity contribution in [3.05, 3.63) is 47.5 Å². The first-order valence-electron chi connectivity index (χ1n) is 19.3. The summed E-state index contributed by atoms with van der Waals surface area (Å²) < 4.78 is 13.3. The highest BCUT2D eigenvalue weighted by Gasteiger charge is 2.70. The second-order valence-corrected chi connectivity index (χ2v) is 25.6. The summed E-state index contributed by atoms with van der Waals surface area (Å²) in [5, 5.41) is 12.2. The van der Waals surface area contributed by atoms with Gasteiger partial charge in [0, 0.05) is 0 Å². The Labute approximate surface area is 294 Å². The van der Waals surface area contributed by atoms with Crippen LogP contribution in [0.1, 0.15) is 133 Å². The summed E-state index contributed by atoms with van der Waals surface area (Å²) in [5.74, 6) is 1.23. The number of ether oxygens (including phenoxy) is 1. The van der Waals surface area contributed by atoms with Gasteiger partial charge in [0.2, 0.25) is 0 Å². The lowest BCUT2D eigenvalue weighted by atomic mass is 9.33. The molecule has 0 heterocycles. The van der Waals surface area contributed by atoms with Crippen LogP contribution in [0.3, 0.4) is 0 Å². The van der Waals surface area contributed by atoms with Gasteiger partial charge in [0.25, 0.3) is 0 Å². The number of carbonyl (C=O) groups is 1. The number of carbonyl (C=O) groups excluding carboxylic acids is 1. The summed E-state index contributed by atoms with van der Waals surface area (Å²) >= 11 is 0. The molecule has 0 saturated heterocycles. The molecule has 0 unspecified atom stereocenters. The van der Waals surface area contributed by atoms with Crippen molar-refractivity contribution in [2.75, 3.05) is 0 Å². The van der Waals surface area contributed by atoms with Gasteiger partial charge in [-0.25, -0.2) is 0 Å². The summed E-state index contributed by atoms with van der Waals surface area (Å²) in [5.41, 5.74) is 2.41. The quantitative estimate of drug-likeness (QED) is 0.192. The first-order chi connectivity index (χ1) is 22.0. The Morgan fingerprint density at radius 3 is 2.19 bits per heavy atom. The van der Waals surface area contributed by atoms with E-state index in [1.807, 2.05) is 18.2 Å². The Hall–Kier alpha value is -1.43. The van der Waals surface area contributed by atoms with E-state index in [2.05, 4.69) is 101 Å². The second-order valence-electron chi connectivity index (χ2n) is 20.8. The average molecular weight is 677 g/mol. The minimum atomic E-state index is -2.07. The lowest BCUT2D eigenvalue weighted by Gasteiger charge is -2.72. The predicted molar refractivity (Wildman–Crippen MR) is 199 cm³/mol. The van der Waals surface area contributed by atoms with Gasteiger partial charge in [0.15, 0.2) is 8.32 Å². The van der Waals surface area contributed by atoms with E-state index >= 15 is 0 Å². The van der Waals surface area contributed by atoms with Gasteiger partial charge in [-0.1, -0.05) is 111 Å². The summed E-state index contributed by atoms with van der Waals surface area (Å²) in [4.78, 5) is 14.3. The maximum Gasteiger partial charge on any atom is 0.313 e. The van der Waals surface area contributed by atoms with Crippen LogP contribution in [0.15, 0.2) is 42.0 Å². The average Bonchev–Trinajstić information content (AvgIpc) is 2.98. The molecule has 0 spiro atoms. The SMILES string of the molecule is CC1(C)CC[C@]2(C(=O)OCc3ccccc3)CC[C@]3(C)C(=CC[C@@H]4[C@@]5(C)C[C@H](O)[C@H](O[Si](C)(C)C(C)(C)C)C(C)(C)[C@@H]5CC[C@]43C)[C@@H]2C1. The number of benzene rings is 1. The number of aliphatic hydroxyl groups is 1. The monoisotopic (exact) mass is 676 g/mol. The zero-order valence-electron chi connectivity index (χ0n) is 32.6. The maximum atomic E-state index is 14.3. The molecule has 6 rings (SSSR count). The fraction of sp³-hybridized carbons (Fsp3) is 0.791. The smallest absolute Gasteiger partial charge is 0.313 e. The lowest BCUT2D eigenvalue weighted by Crippen LogP contribution is -2.68. The molecule has 4 nitrogen and oxygen atoms in total. The highest BCUT2D eigenvalue weighted by Crippen LogP contribution is 2.76. The highest BCUT2D eigenvalue weighted by molar-refractivity contribution is 6.74. The van der Waals surface area contributed by atoms with E-state index < -0.39 is 19.8 Å². The van der Waals surface area contributed by atoms with Gasteiger partial charge in [-0.05, 0) is 126 Å². The zero-order chi connectivity index (χ0) is 35.3. The number of aliphatic hydroxyl groups excluding tert-OH is 1. The van der Waals surface area contributed by atoms with Crippen molar-refractivity contribution in [3.8, 4) is 0 Å². The molecule has 0 radical (unpaired) electrons. The third-order valence-corrected chi connectivity index (χ3v) is 20.8. The molecule has 5 aliphatic rings. The van der Waals surface area contributed by atoms with Gasteiger partial charge in [0.1, 0.15) is 6.61 Å². The molecule has 5 heteroatoms. The maximum absolute atomic E-state index is 14.3. The van der Waals surface area contributed by atoms with Crippen molar-refractivity contribution in [3.63, 3.8) is 0 Å². The van der Waals surface area contributed by atoms with E-state index in [9.17, 15) is 9.90 Å². The van der Waals surface area contributed by atoms with Crippen LogP contribution in [0.25, 0.3) is 0 Å². The molecule has 4 saturated carbocycles. The Morgan fingerprint density at radius 1 is 0.896 bits per heavy atom. The number of rotatable bonds is 5. The molecule has 4 fully saturated rings. The van der Waals surface area contributed by atoms with E-state index in [1.54, 1.807) is 5.57 Å². The largest absolute Gasteiger partial charge is 0.460 e. The Balaban J connectivity index is 1.33. The van der Waals surface area contributed by atoms with Crippen LogP contribution in [-0.4, -0.2) is 31.6 Å². The van der Waals surface area contributed by atoms with Crippen molar-refractivity contribution in [1.82, 2.24) is 0 Å². The van der Waals surface area contributed by atoms with Crippen molar-refractivity contribution in [2.45, 2.75) is 164 Å². The number of hydrogen-bond donors (Lipinski definition) is 1. The molecule has 5 aliphatic carbocycles. The Bertz CT molecular complexity index is 1420. The minimum absolute atomic E-state index is 0.0171. The van der Waals surface area contributed by atoms with Crippen molar-refractivity contribution < 1.29 is 19.1 Å². The molecule has 1 aromatic rings. The van der Waals surface area contributed by atoms with E-state index in [1.165, 1.54) is 12.8 Å². The molecule has 0 bridgehead atoms. The van der Waals surface area contributed by atoms with Gasteiger partial charge < -0.3 is 14.3 Å². The molecule has 1 N–H and O–H groups in total. The lowest BCUT2D eigenvalue weighted by molar-refractivity contribution is -0.229. The summed E-state index contributed by atoms with van der Waals surface area (Å²) in [6, 6.07) is 10.2. The Kier molecular flexibility index (Phi) is 8.74. The zero-order valence-corrected chi connectivity index (χ0v) is 33.6. The fourth-order valence-electron chi connectivity index (χ4n) is 12.3. The van der Waals surface area contributed by atoms with Crippen molar-refractivity contribution in [2.24, 2.45) is 50.2 Å². The molecule has 0 aromatic heterocycles. The van der Waals surface area contributed by atoms with Crippen LogP contribution in [0.4, 0.5) is 0 Å². The number of esters is 1. The van der Waals surface area contributed by atoms with Gasteiger partial charge in [-0.15, -0.1) is 0 Å². The molecular formula is C43H68O4Si. The minimum Gasteiger partial charge on any atom is -0.460 e. The van der Waals surface area contributed by atoms with Crippen LogP contribution >= 0.6 is 0 Å². The van der Waals surface area contributed by atoms with Crippen LogP contribution in [0.2, 0.25) is 18.1 Å². The predicted octanol–water partition coefficient (Wildman–Crippen LogP) is 10.9.